The van der Waals surface area contributed by atoms with Crippen molar-refractivity contribution in [2.45, 2.75) is 13.5 Å². The van der Waals surface area contributed by atoms with Gasteiger partial charge >= 0.3 is 0 Å². The zero-order valence-corrected chi connectivity index (χ0v) is 9.49. The number of aryl methyl sites for hydroxylation is 1. The van der Waals surface area contributed by atoms with Crippen LogP contribution < -0.4 is 5.48 Å². The first-order chi connectivity index (χ1) is 7.29. The Bertz CT molecular complexity index is 459. The first kappa shape index (κ1) is 12.6. The first-order valence-corrected chi connectivity index (χ1v) is 4.56. The second-order valence-corrected chi connectivity index (χ2v) is 3.17. The summed E-state index contributed by atoms with van der Waals surface area (Å²) in [6, 6.07) is 7.58. The lowest BCUT2D eigenvalue weighted by Crippen LogP contribution is -2.05. The molecule has 1 aromatic carbocycles. The maximum Gasteiger partial charge on any atom is 0.223 e. The van der Waals surface area contributed by atoms with Gasteiger partial charge in [0.2, 0.25) is 11.7 Å². The normalized spacial score (nSPS) is 9.88. The minimum absolute atomic E-state index is 0. The van der Waals surface area contributed by atoms with Crippen LogP contribution in [0.15, 0.2) is 28.8 Å². The van der Waals surface area contributed by atoms with E-state index >= 15 is 0 Å². The number of nitrogens with zero attached hydrogens (tertiary/aromatic N) is 2. The molecule has 0 amide bonds. The van der Waals surface area contributed by atoms with Crippen molar-refractivity contribution in [3.8, 4) is 11.4 Å². The van der Waals surface area contributed by atoms with Gasteiger partial charge in [0.05, 0.1) is 0 Å². The number of halogens is 1. The maximum atomic E-state index is 8.59. The topological polar surface area (TPSA) is 71.2 Å². The van der Waals surface area contributed by atoms with Crippen LogP contribution in [-0.2, 0) is 6.54 Å². The van der Waals surface area contributed by atoms with Crippen LogP contribution in [0.5, 0.6) is 0 Å². The average molecular weight is 242 g/mol. The van der Waals surface area contributed by atoms with E-state index in [-0.39, 0.29) is 12.4 Å². The van der Waals surface area contributed by atoms with E-state index in [9.17, 15) is 0 Å². The Balaban J connectivity index is 0.00000128. The third-order valence-corrected chi connectivity index (χ3v) is 2.00. The molecule has 2 aromatic rings. The number of nitrogens with one attached hydrogen (secondary N) is 1. The summed E-state index contributed by atoms with van der Waals surface area (Å²) < 4.78 is 4.89. The molecule has 1 heterocycles. The highest BCUT2D eigenvalue weighted by Crippen LogP contribution is 2.16. The van der Waals surface area contributed by atoms with Crippen molar-refractivity contribution >= 4 is 12.4 Å². The van der Waals surface area contributed by atoms with Gasteiger partial charge in [-0.15, -0.1) is 12.4 Å². The number of benzene rings is 1. The van der Waals surface area contributed by atoms with Crippen molar-refractivity contribution in [3.05, 3.63) is 35.7 Å². The third-order valence-electron chi connectivity index (χ3n) is 2.00. The highest BCUT2D eigenvalue weighted by atomic mass is 35.5. The van der Waals surface area contributed by atoms with Crippen molar-refractivity contribution in [2.24, 2.45) is 0 Å². The number of aromatic nitrogens is 2. The van der Waals surface area contributed by atoms with Crippen molar-refractivity contribution in [1.29, 1.82) is 0 Å². The van der Waals surface area contributed by atoms with Gasteiger partial charge in [-0.05, 0) is 11.6 Å². The van der Waals surface area contributed by atoms with Gasteiger partial charge in [-0.2, -0.15) is 4.98 Å². The van der Waals surface area contributed by atoms with Crippen molar-refractivity contribution in [1.82, 2.24) is 15.6 Å². The maximum absolute atomic E-state index is 8.59. The molecule has 0 radical (unpaired) electrons. The van der Waals surface area contributed by atoms with E-state index in [1.165, 1.54) is 0 Å². The summed E-state index contributed by atoms with van der Waals surface area (Å²) in [6.45, 7) is 2.14. The lowest BCUT2D eigenvalue weighted by atomic mass is 10.1. The first-order valence-electron chi connectivity index (χ1n) is 4.56. The molecule has 0 aliphatic carbocycles. The molecule has 2 N–H and O–H groups in total. The predicted molar refractivity (Wildman–Crippen MR) is 60.3 cm³/mol. The fourth-order valence-electron chi connectivity index (χ4n) is 1.33. The van der Waals surface area contributed by atoms with Gasteiger partial charge in [-0.3, -0.25) is 0 Å². The Morgan fingerprint density at radius 3 is 2.88 bits per heavy atom. The molecule has 5 nitrogen and oxygen atoms in total. The molecule has 0 spiro atoms. The number of rotatable bonds is 3. The molecule has 0 fully saturated rings. The zero-order valence-electron chi connectivity index (χ0n) is 8.67. The summed E-state index contributed by atoms with van der Waals surface area (Å²) in [6.07, 6.45) is 0. The SMILES string of the molecule is Cc1nc(-c2cccc(CNO)c2)no1.Cl. The van der Waals surface area contributed by atoms with Crippen LogP contribution in [0.3, 0.4) is 0 Å². The van der Waals surface area contributed by atoms with E-state index in [2.05, 4.69) is 15.6 Å². The minimum atomic E-state index is 0. The van der Waals surface area contributed by atoms with E-state index in [4.69, 9.17) is 9.73 Å². The smallest absolute Gasteiger partial charge is 0.223 e. The van der Waals surface area contributed by atoms with Gasteiger partial charge in [-0.25, -0.2) is 5.48 Å². The van der Waals surface area contributed by atoms with Crippen LogP contribution in [0.1, 0.15) is 11.5 Å². The molecule has 0 aliphatic heterocycles. The van der Waals surface area contributed by atoms with E-state index < -0.39 is 0 Å². The highest BCUT2D eigenvalue weighted by molar-refractivity contribution is 5.85. The van der Waals surface area contributed by atoms with Crippen LogP contribution >= 0.6 is 12.4 Å². The molecule has 0 bridgehead atoms. The molecule has 0 saturated carbocycles. The lowest BCUT2D eigenvalue weighted by molar-refractivity contribution is 0.161. The summed E-state index contributed by atoms with van der Waals surface area (Å²) >= 11 is 0. The molecule has 1 aromatic heterocycles. The molecule has 0 aliphatic rings. The quantitative estimate of drug-likeness (QED) is 0.804. The van der Waals surface area contributed by atoms with E-state index in [0.29, 0.717) is 18.3 Å². The largest absolute Gasteiger partial charge is 0.339 e. The van der Waals surface area contributed by atoms with Crippen LogP contribution in [0, 0.1) is 6.92 Å². The Labute approximate surface area is 98.9 Å². The zero-order chi connectivity index (χ0) is 10.7. The molecule has 6 heteroatoms. The van der Waals surface area contributed by atoms with Crippen molar-refractivity contribution in [2.75, 3.05) is 0 Å². The molecular weight excluding hydrogens is 230 g/mol. The summed E-state index contributed by atoms with van der Waals surface area (Å²) in [5.74, 6) is 1.10. The van der Waals surface area contributed by atoms with Crippen molar-refractivity contribution in [3.63, 3.8) is 0 Å². The minimum Gasteiger partial charge on any atom is -0.339 e. The van der Waals surface area contributed by atoms with Gasteiger partial charge in [0.25, 0.3) is 0 Å². The number of hydrogen-bond donors (Lipinski definition) is 2. The Hall–Kier alpha value is -1.43. The average Bonchev–Trinajstić information content (AvgIpc) is 2.66. The van der Waals surface area contributed by atoms with E-state index in [1.54, 1.807) is 6.92 Å². The molecule has 16 heavy (non-hydrogen) atoms. The monoisotopic (exact) mass is 241 g/mol. The van der Waals surface area contributed by atoms with Crippen LogP contribution in [0.25, 0.3) is 11.4 Å². The third kappa shape index (κ3) is 2.79. The lowest BCUT2D eigenvalue weighted by Gasteiger charge is -2.00. The Morgan fingerprint density at radius 1 is 1.44 bits per heavy atom. The summed E-state index contributed by atoms with van der Waals surface area (Å²) in [7, 11) is 0. The van der Waals surface area contributed by atoms with Crippen LogP contribution in [0.4, 0.5) is 0 Å². The van der Waals surface area contributed by atoms with Gasteiger partial charge in [0.1, 0.15) is 0 Å². The van der Waals surface area contributed by atoms with Crippen LogP contribution in [-0.4, -0.2) is 15.3 Å². The summed E-state index contributed by atoms with van der Waals surface area (Å²) in [5.41, 5.74) is 3.93. The summed E-state index contributed by atoms with van der Waals surface area (Å²) in [4.78, 5) is 4.12. The molecular formula is C10H12ClN3O2. The second-order valence-electron chi connectivity index (χ2n) is 3.17. The van der Waals surface area contributed by atoms with Gasteiger partial charge < -0.3 is 9.73 Å². The fourth-order valence-corrected chi connectivity index (χ4v) is 1.33. The van der Waals surface area contributed by atoms with Crippen molar-refractivity contribution < 1.29 is 9.73 Å². The molecule has 0 unspecified atom stereocenters. The molecule has 2 rings (SSSR count). The van der Waals surface area contributed by atoms with Gasteiger partial charge in [-0.1, -0.05) is 23.4 Å². The fraction of sp³-hybridized carbons (Fsp3) is 0.200. The van der Waals surface area contributed by atoms with Gasteiger partial charge in [0, 0.05) is 19.0 Å². The Morgan fingerprint density at radius 2 is 2.25 bits per heavy atom. The molecule has 0 saturated heterocycles. The van der Waals surface area contributed by atoms with Gasteiger partial charge in [0.15, 0.2) is 0 Å². The van der Waals surface area contributed by atoms with E-state index in [0.717, 1.165) is 11.1 Å². The summed E-state index contributed by atoms with van der Waals surface area (Å²) in [5, 5.41) is 12.4. The van der Waals surface area contributed by atoms with E-state index in [1.807, 2.05) is 24.3 Å². The molecule has 0 atom stereocenters. The second kappa shape index (κ2) is 5.60. The predicted octanol–water partition coefficient (Wildman–Crippen LogP) is 1.95. The van der Waals surface area contributed by atoms with Crippen LogP contribution in [0.2, 0.25) is 0 Å². The number of hydroxylamine groups is 1. The molecule has 86 valence electrons. The Kier molecular flexibility index (Phi) is 4.42. The highest BCUT2D eigenvalue weighted by Gasteiger charge is 2.05. The number of hydrogen-bond acceptors (Lipinski definition) is 5. The standard InChI is InChI=1S/C10H11N3O2.ClH/c1-7-12-10(13-15-7)9-4-2-3-8(5-9)6-11-14;/h2-5,11,14H,6H2,1H3;1H.